The average molecular weight is 447 g/mol. The van der Waals surface area contributed by atoms with E-state index >= 15 is 0 Å². The molecule has 0 saturated carbocycles. The predicted octanol–water partition coefficient (Wildman–Crippen LogP) is 3.54. The lowest BCUT2D eigenvalue weighted by atomic mass is 9.84. The van der Waals surface area contributed by atoms with E-state index < -0.39 is 29.4 Å². The fourth-order valence-electron chi connectivity index (χ4n) is 4.10. The number of hydrogen-bond donors (Lipinski definition) is 2. The first-order chi connectivity index (χ1) is 15.2. The number of anilines is 1. The van der Waals surface area contributed by atoms with Gasteiger partial charge in [-0.05, 0) is 25.8 Å². The number of nitrogens with one attached hydrogen (secondary N) is 1. The summed E-state index contributed by atoms with van der Waals surface area (Å²) in [6.07, 6.45) is -0.646. The molecule has 1 aliphatic heterocycles. The Bertz CT molecular complexity index is 1210. The number of aryl methyl sites for hydroxylation is 1. The largest absolute Gasteiger partial charge is 0.381 e. The van der Waals surface area contributed by atoms with Gasteiger partial charge in [-0.2, -0.15) is 0 Å². The minimum Gasteiger partial charge on any atom is -0.381 e. The molecular formula is C22H24F3N5O2. The first-order valence-corrected chi connectivity index (χ1v) is 10.3. The molecule has 7 nitrogen and oxygen atoms in total. The third-order valence-electron chi connectivity index (χ3n) is 6.04. The van der Waals surface area contributed by atoms with E-state index in [9.17, 15) is 18.0 Å². The van der Waals surface area contributed by atoms with Crippen molar-refractivity contribution in [1.29, 1.82) is 0 Å². The summed E-state index contributed by atoms with van der Waals surface area (Å²) in [5.41, 5.74) is 5.70. The van der Waals surface area contributed by atoms with Crippen molar-refractivity contribution in [2.24, 2.45) is 12.8 Å². The highest BCUT2D eigenvalue weighted by Crippen LogP contribution is 2.32. The van der Waals surface area contributed by atoms with E-state index in [1.54, 1.807) is 20.0 Å². The van der Waals surface area contributed by atoms with Gasteiger partial charge < -0.3 is 15.8 Å². The Morgan fingerprint density at radius 3 is 2.59 bits per heavy atom. The van der Waals surface area contributed by atoms with Gasteiger partial charge in [0.25, 0.3) is 12.0 Å². The van der Waals surface area contributed by atoms with Crippen molar-refractivity contribution in [3.8, 4) is 0 Å². The molecule has 3 heterocycles. The highest BCUT2D eigenvalue weighted by molar-refractivity contribution is 5.87. The normalized spacial score (nSPS) is 17.0. The maximum Gasteiger partial charge on any atom is 0.266 e. The Balaban J connectivity index is 1.79. The zero-order chi connectivity index (χ0) is 23.0. The van der Waals surface area contributed by atoms with Crippen molar-refractivity contribution in [1.82, 2.24) is 14.5 Å². The molecule has 32 heavy (non-hydrogen) atoms. The van der Waals surface area contributed by atoms with Gasteiger partial charge in [0, 0.05) is 31.4 Å². The molecular weight excluding hydrogens is 423 g/mol. The number of fused-ring (bicyclic) bond motifs is 1. The molecule has 3 N–H and O–H groups in total. The second-order valence-electron chi connectivity index (χ2n) is 8.07. The second kappa shape index (κ2) is 8.51. The summed E-state index contributed by atoms with van der Waals surface area (Å²) in [4.78, 5) is 21.5. The number of halogens is 3. The third-order valence-corrected chi connectivity index (χ3v) is 6.04. The van der Waals surface area contributed by atoms with Gasteiger partial charge in [0.2, 0.25) is 0 Å². The van der Waals surface area contributed by atoms with Gasteiger partial charge in [0.1, 0.15) is 23.6 Å². The van der Waals surface area contributed by atoms with Gasteiger partial charge in [-0.3, -0.25) is 9.36 Å². The summed E-state index contributed by atoms with van der Waals surface area (Å²) in [6, 6.07) is 4.89. The SMILES string of the molecule is CC(Nc1ncnc2c1cc(C1(N)CCOCC1)c(=O)n2C)c1cccc(C(F)F)c1F. The summed E-state index contributed by atoms with van der Waals surface area (Å²) in [7, 11) is 1.60. The molecule has 4 rings (SSSR count). The number of rotatable bonds is 5. The number of aromatic nitrogens is 3. The van der Waals surface area contributed by atoms with Gasteiger partial charge in [-0.1, -0.05) is 18.2 Å². The molecule has 3 aromatic rings. The van der Waals surface area contributed by atoms with E-state index in [0.717, 1.165) is 6.07 Å². The van der Waals surface area contributed by atoms with E-state index in [2.05, 4.69) is 15.3 Å². The summed E-state index contributed by atoms with van der Waals surface area (Å²) >= 11 is 0. The smallest absolute Gasteiger partial charge is 0.266 e. The monoisotopic (exact) mass is 447 g/mol. The number of benzene rings is 1. The molecule has 1 fully saturated rings. The first-order valence-electron chi connectivity index (χ1n) is 10.3. The molecule has 2 aromatic heterocycles. The molecule has 0 bridgehead atoms. The molecule has 1 atom stereocenters. The van der Waals surface area contributed by atoms with Crippen LogP contribution in [0.2, 0.25) is 0 Å². The number of hydrogen-bond acceptors (Lipinski definition) is 6. The van der Waals surface area contributed by atoms with Crippen LogP contribution in [0.15, 0.2) is 35.4 Å². The summed E-state index contributed by atoms with van der Waals surface area (Å²) in [5, 5.41) is 3.61. The predicted molar refractivity (Wildman–Crippen MR) is 114 cm³/mol. The van der Waals surface area contributed by atoms with Crippen LogP contribution in [0, 0.1) is 5.82 Å². The quantitative estimate of drug-likeness (QED) is 0.621. The van der Waals surface area contributed by atoms with Crippen molar-refractivity contribution >= 4 is 16.9 Å². The highest BCUT2D eigenvalue weighted by Gasteiger charge is 2.34. The molecule has 10 heteroatoms. The van der Waals surface area contributed by atoms with E-state index in [-0.39, 0.29) is 11.1 Å². The van der Waals surface area contributed by atoms with E-state index in [1.807, 2.05) is 0 Å². The van der Waals surface area contributed by atoms with E-state index in [0.29, 0.717) is 48.5 Å². The molecule has 0 spiro atoms. The lowest BCUT2D eigenvalue weighted by Gasteiger charge is -2.33. The molecule has 170 valence electrons. The number of nitrogens with two attached hydrogens (primary N) is 1. The number of ether oxygens (including phenoxy) is 1. The van der Waals surface area contributed by atoms with Crippen LogP contribution in [0.25, 0.3) is 11.0 Å². The molecule has 0 amide bonds. The van der Waals surface area contributed by atoms with Gasteiger partial charge in [-0.15, -0.1) is 0 Å². The van der Waals surface area contributed by atoms with Crippen LogP contribution in [0.1, 0.15) is 48.9 Å². The second-order valence-corrected chi connectivity index (χ2v) is 8.07. The maximum atomic E-state index is 14.6. The summed E-state index contributed by atoms with van der Waals surface area (Å²) in [5.74, 6) is -0.617. The minimum atomic E-state index is -2.92. The van der Waals surface area contributed by atoms with E-state index in [4.69, 9.17) is 10.5 Å². The Hall–Kier alpha value is -2.98. The van der Waals surface area contributed by atoms with Crippen molar-refractivity contribution in [2.75, 3.05) is 18.5 Å². The van der Waals surface area contributed by atoms with Crippen LogP contribution in [-0.2, 0) is 17.3 Å². The summed E-state index contributed by atoms with van der Waals surface area (Å²) in [6.45, 7) is 2.54. The Kier molecular flexibility index (Phi) is 5.91. The zero-order valence-electron chi connectivity index (χ0n) is 17.7. The van der Waals surface area contributed by atoms with Gasteiger partial charge in [0.15, 0.2) is 0 Å². The van der Waals surface area contributed by atoms with Crippen LogP contribution in [0.5, 0.6) is 0 Å². The van der Waals surface area contributed by atoms with Crippen LogP contribution in [0.4, 0.5) is 19.0 Å². The summed E-state index contributed by atoms with van der Waals surface area (Å²) < 4.78 is 47.7. The Morgan fingerprint density at radius 2 is 1.91 bits per heavy atom. The van der Waals surface area contributed by atoms with Crippen molar-refractivity contribution in [3.05, 3.63) is 63.5 Å². The standard InChI is InChI=1S/C22H24F3N5O2/c1-12(13-4-3-5-14(17(13)23)18(24)25)29-19-15-10-16(22(26)6-8-32-9-7-22)21(31)30(2)20(15)28-11-27-19/h3-5,10-12,18H,6-9,26H2,1-2H3,(H,27,28,29). The van der Waals surface area contributed by atoms with Crippen molar-refractivity contribution in [2.45, 2.75) is 37.8 Å². The fraction of sp³-hybridized carbons (Fsp3) is 0.409. The maximum absolute atomic E-state index is 14.6. The van der Waals surface area contributed by atoms with Gasteiger partial charge in [-0.25, -0.2) is 23.1 Å². The molecule has 0 aliphatic carbocycles. The lowest BCUT2D eigenvalue weighted by Crippen LogP contribution is -2.46. The minimum absolute atomic E-state index is 0.0827. The van der Waals surface area contributed by atoms with Crippen LogP contribution < -0.4 is 16.6 Å². The molecule has 1 aliphatic rings. The highest BCUT2D eigenvalue weighted by atomic mass is 19.3. The van der Waals surface area contributed by atoms with Crippen molar-refractivity contribution in [3.63, 3.8) is 0 Å². The fourth-order valence-corrected chi connectivity index (χ4v) is 4.10. The Labute approximate surface area is 182 Å². The van der Waals surface area contributed by atoms with E-state index in [1.165, 1.54) is 23.0 Å². The van der Waals surface area contributed by atoms with Gasteiger partial charge >= 0.3 is 0 Å². The first kappa shape index (κ1) is 22.2. The number of nitrogens with zero attached hydrogens (tertiary/aromatic N) is 3. The topological polar surface area (TPSA) is 95.1 Å². The molecule has 1 unspecified atom stereocenters. The number of pyridine rings is 1. The lowest BCUT2D eigenvalue weighted by molar-refractivity contribution is 0.0517. The van der Waals surface area contributed by atoms with Crippen molar-refractivity contribution < 1.29 is 17.9 Å². The molecule has 1 saturated heterocycles. The van der Waals surface area contributed by atoms with Crippen LogP contribution in [-0.4, -0.2) is 27.7 Å². The zero-order valence-corrected chi connectivity index (χ0v) is 17.7. The van der Waals surface area contributed by atoms with Crippen LogP contribution >= 0.6 is 0 Å². The Morgan fingerprint density at radius 1 is 1.22 bits per heavy atom. The molecule has 1 aromatic carbocycles. The average Bonchev–Trinajstić information content (AvgIpc) is 2.76. The number of alkyl halides is 2. The third kappa shape index (κ3) is 3.84. The van der Waals surface area contributed by atoms with Gasteiger partial charge in [0.05, 0.1) is 22.5 Å². The molecule has 0 radical (unpaired) electrons. The van der Waals surface area contributed by atoms with Crippen LogP contribution in [0.3, 0.4) is 0 Å².